The van der Waals surface area contributed by atoms with Crippen LogP contribution in [0.25, 0.3) is 0 Å². The highest BCUT2D eigenvalue weighted by molar-refractivity contribution is 7.80. The quantitative estimate of drug-likeness (QED) is 0.673. The van der Waals surface area contributed by atoms with Gasteiger partial charge < -0.3 is 9.64 Å². The zero-order valence-corrected chi connectivity index (χ0v) is 17.1. The number of aryl methyl sites for hydroxylation is 1. The molecule has 0 saturated heterocycles. The van der Waals surface area contributed by atoms with Crippen LogP contribution in [0.15, 0.2) is 0 Å². The third-order valence-electron chi connectivity index (χ3n) is 6.15. The van der Waals surface area contributed by atoms with Crippen molar-refractivity contribution in [2.75, 3.05) is 14.2 Å². The van der Waals surface area contributed by atoms with Crippen LogP contribution in [0, 0.1) is 0 Å². The fraction of sp³-hybridized carbons (Fsp3) is 0.895. The van der Waals surface area contributed by atoms with E-state index in [-0.39, 0.29) is 12.1 Å². The van der Waals surface area contributed by atoms with E-state index in [1.807, 2.05) is 4.68 Å². The van der Waals surface area contributed by atoms with E-state index in [2.05, 4.69) is 27.5 Å². The lowest BCUT2D eigenvalue weighted by Gasteiger charge is -2.33. The minimum Gasteiger partial charge on any atom is -0.379 e. The minimum absolute atomic E-state index is 0.226. The first-order chi connectivity index (χ1) is 12.7. The van der Waals surface area contributed by atoms with Gasteiger partial charge in [-0.25, -0.2) is 4.68 Å². The molecule has 2 aliphatic carbocycles. The number of nitrogens with zero attached hydrogens (tertiary/aromatic N) is 5. The molecule has 0 N–H and O–H groups in total. The average Bonchev–Trinajstić information content (AvgIpc) is 3.16. The number of rotatable bonds is 7. The summed E-state index contributed by atoms with van der Waals surface area (Å²) in [4.78, 5) is 3.43. The SMILES string of the molecule is COC1CCCCC1n1nnnc1CCCC(=S)N(C)C1CCCCC1. The van der Waals surface area contributed by atoms with Crippen LogP contribution in [0.1, 0.15) is 82.5 Å². The van der Waals surface area contributed by atoms with E-state index in [9.17, 15) is 0 Å². The Morgan fingerprint density at radius 3 is 2.65 bits per heavy atom. The molecule has 0 aromatic carbocycles. The van der Waals surface area contributed by atoms with E-state index in [4.69, 9.17) is 17.0 Å². The summed E-state index contributed by atoms with van der Waals surface area (Å²) in [5.41, 5.74) is 0. The maximum atomic E-state index is 5.70. The van der Waals surface area contributed by atoms with Crippen molar-refractivity contribution in [3.05, 3.63) is 5.82 Å². The number of hydrogen-bond donors (Lipinski definition) is 0. The number of hydrogen-bond acceptors (Lipinski definition) is 5. The van der Waals surface area contributed by atoms with Gasteiger partial charge in [-0.15, -0.1) is 5.10 Å². The molecular formula is C19H33N5OS. The number of aromatic nitrogens is 4. The molecule has 2 aliphatic rings. The number of methoxy groups -OCH3 is 1. The average molecular weight is 380 g/mol. The fourth-order valence-corrected chi connectivity index (χ4v) is 4.81. The molecule has 1 aromatic heterocycles. The molecule has 146 valence electrons. The van der Waals surface area contributed by atoms with Crippen molar-refractivity contribution < 1.29 is 4.74 Å². The maximum absolute atomic E-state index is 5.70. The topological polar surface area (TPSA) is 56.1 Å². The molecule has 0 bridgehead atoms. The van der Waals surface area contributed by atoms with Crippen LogP contribution in [0.3, 0.4) is 0 Å². The molecule has 6 nitrogen and oxygen atoms in total. The summed E-state index contributed by atoms with van der Waals surface area (Å²) in [7, 11) is 3.97. The second-order valence-corrected chi connectivity index (χ2v) is 8.29. The summed E-state index contributed by atoms with van der Waals surface area (Å²) >= 11 is 5.70. The Morgan fingerprint density at radius 2 is 1.88 bits per heavy atom. The van der Waals surface area contributed by atoms with Crippen molar-refractivity contribution in [3.63, 3.8) is 0 Å². The molecule has 0 aliphatic heterocycles. The Hall–Kier alpha value is -1.08. The van der Waals surface area contributed by atoms with Crippen molar-refractivity contribution in [2.45, 2.75) is 95.2 Å². The highest BCUT2D eigenvalue weighted by atomic mass is 32.1. The third-order valence-corrected chi connectivity index (χ3v) is 6.64. The lowest BCUT2D eigenvalue weighted by molar-refractivity contribution is 0.0227. The first kappa shape index (κ1) is 19.7. The molecule has 2 atom stereocenters. The van der Waals surface area contributed by atoms with Gasteiger partial charge in [-0.05, 0) is 49.0 Å². The standard InChI is InChI=1S/C19H33N5OS/c1-23(15-9-4-3-5-10-15)19(26)14-8-13-18-20-21-22-24(18)16-11-6-7-12-17(16)25-2/h15-17H,3-14H2,1-2H3. The second kappa shape index (κ2) is 9.74. The Morgan fingerprint density at radius 1 is 1.15 bits per heavy atom. The molecule has 2 fully saturated rings. The first-order valence-electron chi connectivity index (χ1n) is 10.3. The van der Waals surface area contributed by atoms with Gasteiger partial charge in [-0.2, -0.15) is 0 Å². The Bertz CT molecular complexity index is 572. The molecule has 7 heteroatoms. The Kier molecular flexibility index (Phi) is 7.37. The van der Waals surface area contributed by atoms with Crippen molar-refractivity contribution in [1.82, 2.24) is 25.1 Å². The molecule has 0 spiro atoms. The minimum atomic E-state index is 0.226. The van der Waals surface area contributed by atoms with Crippen LogP contribution < -0.4 is 0 Å². The van der Waals surface area contributed by atoms with Gasteiger partial charge in [0.1, 0.15) is 0 Å². The number of tetrazole rings is 1. The van der Waals surface area contributed by atoms with E-state index >= 15 is 0 Å². The highest BCUT2D eigenvalue weighted by Gasteiger charge is 2.29. The number of ether oxygens (including phenoxy) is 1. The van der Waals surface area contributed by atoms with Crippen LogP contribution in [-0.2, 0) is 11.2 Å². The van der Waals surface area contributed by atoms with Gasteiger partial charge >= 0.3 is 0 Å². The lowest BCUT2D eigenvalue weighted by Crippen LogP contribution is -2.37. The zero-order valence-electron chi connectivity index (χ0n) is 16.3. The molecule has 26 heavy (non-hydrogen) atoms. The highest BCUT2D eigenvalue weighted by Crippen LogP contribution is 2.30. The maximum Gasteiger partial charge on any atom is 0.151 e. The third kappa shape index (κ3) is 4.80. The van der Waals surface area contributed by atoms with Crippen molar-refractivity contribution in [3.8, 4) is 0 Å². The van der Waals surface area contributed by atoms with E-state index in [1.165, 1.54) is 44.9 Å². The van der Waals surface area contributed by atoms with Crippen molar-refractivity contribution in [2.24, 2.45) is 0 Å². The second-order valence-electron chi connectivity index (χ2n) is 7.82. The normalized spacial score (nSPS) is 24.5. The number of thiocarbonyl (C=S) groups is 1. The molecule has 0 amide bonds. The van der Waals surface area contributed by atoms with E-state index in [1.54, 1.807) is 7.11 Å². The van der Waals surface area contributed by atoms with Crippen LogP contribution in [0.4, 0.5) is 0 Å². The summed E-state index contributed by atoms with van der Waals surface area (Å²) in [5.74, 6) is 0.974. The molecule has 0 radical (unpaired) electrons. The van der Waals surface area contributed by atoms with Gasteiger partial charge in [0.15, 0.2) is 5.82 Å². The smallest absolute Gasteiger partial charge is 0.151 e. The van der Waals surface area contributed by atoms with Crippen molar-refractivity contribution in [1.29, 1.82) is 0 Å². The summed E-state index contributed by atoms with van der Waals surface area (Å²) in [6.45, 7) is 0. The largest absolute Gasteiger partial charge is 0.379 e. The van der Waals surface area contributed by atoms with Crippen LogP contribution >= 0.6 is 12.2 Å². The summed E-state index contributed by atoms with van der Waals surface area (Å²) in [6.07, 6.45) is 14.3. The van der Waals surface area contributed by atoms with Gasteiger partial charge in [0.05, 0.1) is 17.1 Å². The molecule has 1 aromatic rings. The molecule has 3 rings (SSSR count). The monoisotopic (exact) mass is 379 g/mol. The van der Waals surface area contributed by atoms with E-state index in [0.29, 0.717) is 6.04 Å². The van der Waals surface area contributed by atoms with Crippen molar-refractivity contribution >= 4 is 17.2 Å². The molecule has 1 heterocycles. The van der Waals surface area contributed by atoms with E-state index in [0.717, 1.165) is 42.9 Å². The molecule has 2 unspecified atom stereocenters. The van der Waals surface area contributed by atoms with Crippen LogP contribution in [-0.4, -0.2) is 56.4 Å². The summed E-state index contributed by atoms with van der Waals surface area (Å²) < 4.78 is 7.70. The van der Waals surface area contributed by atoms with Gasteiger partial charge in [-0.3, -0.25) is 0 Å². The Labute approximate surface area is 162 Å². The van der Waals surface area contributed by atoms with Gasteiger partial charge in [0, 0.05) is 26.6 Å². The van der Waals surface area contributed by atoms with Crippen LogP contribution in [0.5, 0.6) is 0 Å². The van der Waals surface area contributed by atoms with Gasteiger partial charge in [0.2, 0.25) is 0 Å². The predicted molar refractivity (Wildman–Crippen MR) is 106 cm³/mol. The lowest BCUT2D eigenvalue weighted by atomic mass is 9.92. The summed E-state index contributed by atoms with van der Waals surface area (Å²) in [5, 5.41) is 12.5. The summed E-state index contributed by atoms with van der Waals surface area (Å²) in [6, 6.07) is 0.918. The van der Waals surface area contributed by atoms with Crippen LogP contribution in [0.2, 0.25) is 0 Å². The van der Waals surface area contributed by atoms with E-state index < -0.39 is 0 Å². The molecule has 2 saturated carbocycles. The van der Waals surface area contributed by atoms with Gasteiger partial charge in [0.25, 0.3) is 0 Å². The Balaban J connectivity index is 1.51. The van der Waals surface area contributed by atoms with Gasteiger partial charge in [-0.1, -0.05) is 44.3 Å². The zero-order chi connectivity index (χ0) is 18.4. The fourth-order valence-electron chi connectivity index (χ4n) is 4.51. The first-order valence-corrected chi connectivity index (χ1v) is 10.7. The molecular weight excluding hydrogens is 346 g/mol. The predicted octanol–water partition coefficient (Wildman–Crippen LogP) is 3.72.